The molecule has 1 fully saturated rings. The van der Waals surface area contributed by atoms with Gasteiger partial charge in [0.1, 0.15) is 6.10 Å². The van der Waals surface area contributed by atoms with Crippen LogP contribution in [0.1, 0.15) is 19.3 Å². The summed E-state index contributed by atoms with van der Waals surface area (Å²) in [6.45, 7) is -0.145. The predicted octanol–water partition coefficient (Wildman–Crippen LogP) is 0.214. The van der Waals surface area contributed by atoms with Crippen molar-refractivity contribution >= 4 is 5.97 Å². The van der Waals surface area contributed by atoms with Crippen LogP contribution >= 0.6 is 0 Å². The minimum Gasteiger partial charge on any atom is -0.460 e. The highest BCUT2D eigenvalue weighted by atomic mass is 16.6. The van der Waals surface area contributed by atoms with Gasteiger partial charge in [0.15, 0.2) is 0 Å². The first-order chi connectivity index (χ1) is 5.76. The van der Waals surface area contributed by atoms with Crippen LogP contribution in [0.4, 0.5) is 0 Å². The molecule has 0 unspecified atom stereocenters. The van der Waals surface area contributed by atoms with Gasteiger partial charge < -0.3 is 9.84 Å². The lowest BCUT2D eigenvalue weighted by molar-refractivity contribution is -0.159. The minimum absolute atomic E-state index is 0.0633. The first-order valence-corrected chi connectivity index (χ1v) is 3.93. The monoisotopic (exact) mass is 169 g/mol. The van der Waals surface area contributed by atoms with E-state index in [9.17, 15) is 4.79 Å². The number of rotatable bonds is 2. The Kier molecular flexibility index (Phi) is 3.06. The Labute approximate surface area is 70.7 Å². The maximum Gasteiger partial charge on any atom is 0.306 e. The zero-order chi connectivity index (χ0) is 8.97. The van der Waals surface area contributed by atoms with Crippen molar-refractivity contribution in [1.82, 2.24) is 0 Å². The number of hydrogen-bond donors (Lipinski definition) is 1. The van der Waals surface area contributed by atoms with E-state index in [0.29, 0.717) is 19.3 Å². The number of nitrogens with zero attached hydrogens (tertiary/aromatic N) is 1. The Bertz CT molecular complexity index is 209. The molecule has 0 aromatic carbocycles. The van der Waals surface area contributed by atoms with Gasteiger partial charge in [-0.15, -0.1) is 0 Å². The Morgan fingerprint density at radius 1 is 1.75 bits per heavy atom. The van der Waals surface area contributed by atoms with Crippen molar-refractivity contribution in [3.8, 4) is 6.07 Å². The van der Waals surface area contributed by atoms with Crippen LogP contribution in [0.25, 0.3) is 0 Å². The van der Waals surface area contributed by atoms with Gasteiger partial charge in [0.25, 0.3) is 0 Å². The van der Waals surface area contributed by atoms with Gasteiger partial charge in [-0.25, -0.2) is 0 Å². The summed E-state index contributed by atoms with van der Waals surface area (Å²) in [5.74, 6) is -0.242. The Morgan fingerprint density at radius 3 is 3.08 bits per heavy atom. The number of esters is 1. The van der Waals surface area contributed by atoms with Crippen molar-refractivity contribution < 1.29 is 14.6 Å². The molecule has 4 heteroatoms. The number of cyclic esters (lactones) is 1. The van der Waals surface area contributed by atoms with Crippen LogP contribution in [0, 0.1) is 17.2 Å². The smallest absolute Gasteiger partial charge is 0.306 e. The summed E-state index contributed by atoms with van der Waals surface area (Å²) in [4.78, 5) is 10.9. The SMILES string of the molecule is N#CC[C@H]1CC(=O)O[C@H](CO)C1. The van der Waals surface area contributed by atoms with Crippen LogP contribution in [0.15, 0.2) is 0 Å². The van der Waals surface area contributed by atoms with E-state index in [1.807, 2.05) is 6.07 Å². The van der Waals surface area contributed by atoms with Gasteiger partial charge in [0, 0.05) is 12.8 Å². The van der Waals surface area contributed by atoms with Crippen molar-refractivity contribution in [3.63, 3.8) is 0 Å². The van der Waals surface area contributed by atoms with Gasteiger partial charge in [0.2, 0.25) is 0 Å². The molecule has 1 N–H and O–H groups in total. The molecule has 1 saturated heterocycles. The zero-order valence-electron chi connectivity index (χ0n) is 6.69. The maximum absolute atomic E-state index is 10.9. The van der Waals surface area contributed by atoms with E-state index in [1.165, 1.54) is 0 Å². The molecule has 0 aromatic heterocycles. The third-order valence-electron chi connectivity index (χ3n) is 1.93. The van der Waals surface area contributed by atoms with Gasteiger partial charge in [0.05, 0.1) is 12.7 Å². The quantitative estimate of drug-likeness (QED) is 0.600. The highest BCUT2D eigenvalue weighted by molar-refractivity contribution is 5.70. The second-order valence-corrected chi connectivity index (χ2v) is 2.96. The Balaban J connectivity index is 2.46. The van der Waals surface area contributed by atoms with E-state index in [0.717, 1.165) is 0 Å². The normalized spacial score (nSPS) is 29.2. The van der Waals surface area contributed by atoms with Crippen LogP contribution in [-0.2, 0) is 9.53 Å². The molecule has 12 heavy (non-hydrogen) atoms. The molecule has 66 valence electrons. The molecule has 1 aliphatic heterocycles. The molecule has 0 saturated carbocycles. The molecule has 0 radical (unpaired) electrons. The fourth-order valence-electron chi connectivity index (χ4n) is 1.37. The summed E-state index contributed by atoms with van der Waals surface area (Å²) < 4.78 is 4.81. The fraction of sp³-hybridized carbons (Fsp3) is 0.750. The number of carbonyl (C=O) groups excluding carboxylic acids is 1. The molecule has 0 spiro atoms. The number of aliphatic hydroxyl groups is 1. The minimum atomic E-state index is -0.399. The highest BCUT2D eigenvalue weighted by Crippen LogP contribution is 2.23. The van der Waals surface area contributed by atoms with Crippen LogP contribution in [0.2, 0.25) is 0 Å². The lowest BCUT2D eigenvalue weighted by atomic mass is 9.93. The fourth-order valence-corrected chi connectivity index (χ4v) is 1.37. The lowest BCUT2D eigenvalue weighted by Crippen LogP contribution is -2.31. The Morgan fingerprint density at radius 2 is 2.50 bits per heavy atom. The van der Waals surface area contributed by atoms with Gasteiger partial charge in [-0.2, -0.15) is 5.26 Å². The van der Waals surface area contributed by atoms with Crippen molar-refractivity contribution in [2.45, 2.75) is 25.4 Å². The summed E-state index contributed by atoms with van der Waals surface area (Å²) in [5, 5.41) is 17.1. The summed E-state index contributed by atoms with van der Waals surface area (Å²) in [6.07, 6.45) is 0.885. The largest absolute Gasteiger partial charge is 0.460 e. The van der Waals surface area contributed by atoms with E-state index >= 15 is 0 Å². The number of nitriles is 1. The molecule has 1 aliphatic rings. The van der Waals surface area contributed by atoms with Gasteiger partial charge in [-0.3, -0.25) is 4.79 Å². The van der Waals surface area contributed by atoms with E-state index in [1.54, 1.807) is 0 Å². The van der Waals surface area contributed by atoms with Crippen LogP contribution in [-0.4, -0.2) is 23.8 Å². The zero-order valence-corrected chi connectivity index (χ0v) is 6.69. The van der Waals surface area contributed by atoms with E-state index < -0.39 is 6.10 Å². The molecule has 1 heterocycles. The number of ether oxygens (including phenoxy) is 1. The summed E-state index contributed by atoms with van der Waals surface area (Å²) in [5.41, 5.74) is 0. The highest BCUT2D eigenvalue weighted by Gasteiger charge is 2.27. The van der Waals surface area contributed by atoms with Gasteiger partial charge in [-0.05, 0) is 12.3 Å². The molecule has 0 aromatic rings. The summed E-state index contributed by atoms with van der Waals surface area (Å²) in [7, 11) is 0. The number of aliphatic hydroxyl groups excluding tert-OH is 1. The van der Waals surface area contributed by atoms with Gasteiger partial charge >= 0.3 is 5.97 Å². The second-order valence-electron chi connectivity index (χ2n) is 2.96. The Hall–Kier alpha value is -1.08. The average molecular weight is 169 g/mol. The molecule has 1 rings (SSSR count). The molecule has 0 aliphatic carbocycles. The molecule has 0 amide bonds. The van der Waals surface area contributed by atoms with Crippen LogP contribution < -0.4 is 0 Å². The summed E-state index contributed by atoms with van der Waals surface area (Å²) in [6, 6.07) is 2.01. The maximum atomic E-state index is 10.9. The molecule has 4 nitrogen and oxygen atoms in total. The van der Waals surface area contributed by atoms with Crippen molar-refractivity contribution in [2.24, 2.45) is 5.92 Å². The predicted molar refractivity (Wildman–Crippen MR) is 39.9 cm³/mol. The van der Waals surface area contributed by atoms with Crippen LogP contribution in [0.3, 0.4) is 0 Å². The third kappa shape index (κ3) is 2.21. The third-order valence-corrected chi connectivity index (χ3v) is 1.93. The standard InChI is InChI=1S/C8H11NO3/c9-2-1-6-3-7(5-10)12-8(11)4-6/h6-7,10H,1,3-5H2/t6-,7+/m1/s1. The van der Waals surface area contributed by atoms with E-state index in [-0.39, 0.29) is 18.5 Å². The topological polar surface area (TPSA) is 70.3 Å². The van der Waals surface area contributed by atoms with Crippen molar-refractivity contribution in [1.29, 1.82) is 5.26 Å². The molecular weight excluding hydrogens is 158 g/mol. The van der Waals surface area contributed by atoms with Gasteiger partial charge in [-0.1, -0.05) is 0 Å². The average Bonchev–Trinajstić information content (AvgIpc) is 2.04. The number of hydrogen-bond acceptors (Lipinski definition) is 4. The summed E-state index contributed by atoms with van der Waals surface area (Å²) >= 11 is 0. The van der Waals surface area contributed by atoms with Crippen molar-refractivity contribution in [2.75, 3.05) is 6.61 Å². The van der Waals surface area contributed by atoms with E-state index in [4.69, 9.17) is 15.1 Å². The second kappa shape index (κ2) is 4.07. The van der Waals surface area contributed by atoms with E-state index in [2.05, 4.69) is 0 Å². The lowest BCUT2D eigenvalue weighted by Gasteiger charge is -2.25. The first-order valence-electron chi connectivity index (χ1n) is 3.93. The van der Waals surface area contributed by atoms with Crippen molar-refractivity contribution in [3.05, 3.63) is 0 Å². The molecule has 2 atom stereocenters. The first kappa shape index (κ1) is 9.01. The number of carbonyl (C=O) groups is 1. The molecule has 0 bridgehead atoms. The molecular formula is C8H11NO3. The van der Waals surface area contributed by atoms with Crippen LogP contribution in [0.5, 0.6) is 0 Å².